The number of hydrogen-bond donors (Lipinski definition) is 1. The molecule has 1 aromatic carbocycles. The summed E-state index contributed by atoms with van der Waals surface area (Å²) in [5.41, 5.74) is 0.753. The molecule has 0 atom stereocenters. The summed E-state index contributed by atoms with van der Waals surface area (Å²) in [7, 11) is 1.37. The van der Waals surface area contributed by atoms with E-state index in [1.807, 2.05) is 0 Å². The van der Waals surface area contributed by atoms with Crippen LogP contribution >= 0.6 is 0 Å². The molecule has 0 bridgehead atoms. The van der Waals surface area contributed by atoms with Gasteiger partial charge in [-0.3, -0.25) is 4.79 Å². The third-order valence-electron chi connectivity index (χ3n) is 2.63. The molecular weight excluding hydrogens is 221 g/mol. The zero-order valence-corrected chi connectivity index (χ0v) is 10.6. The Kier molecular flexibility index (Phi) is 4.10. The highest BCUT2D eigenvalue weighted by Crippen LogP contribution is 2.20. The van der Waals surface area contributed by atoms with E-state index in [0.29, 0.717) is 12.1 Å². The maximum Gasteiger partial charge on any atom is 0.313 e. The van der Waals surface area contributed by atoms with Crippen molar-refractivity contribution in [3.8, 4) is 0 Å². The van der Waals surface area contributed by atoms with Gasteiger partial charge in [0.2, 0.25) is 0 Å². The Bertz CT molecular complexity index is 416. The van der Waals surface area contributed by atoms with Gasteiger partial charge in [0.25, 0.3) is 0 Å². The Morgan fingerprint density at radius 2 is 2.12 bits per heavy atom. The summed E-state index contributed by atoms with van der Waals surface area (Å²) in [4.78, 5) is 11.5. The van der Waals surface area contributed by atoms with Gasteiger partial charge in [-0.1, -0.05) is 0 Å². The molecule has 0 fully saturated rings. The summed E-state index contributed by atoms with van der Waals surface area (Å²) in [6.45, 7) is 5.72. The molecule has 1 rings (SSSR count). The number of rotatable bonds is 4. The predicted octanol–water partition coefficient (Wildman–Crippen LogP) is 2.75. The van der Waals surface area contributed by atoms with Crippen molar-refractivity contribution in [1.82, 2.24) is 0 Å². The number of benzene rings is 1. The van der Waals surface area contributed by atoms with Crippen LogP contribution in [0.15, 0.2) is 18.2 Å². The topological polar surface area (TPSA) is 38.3 Å². The van der Waals surface area contributed by atoms with Gasteiger partial charge >= 0.3 is 5.97 Å². The third-order valence-corrected chi connectivity index (χ3v) is 2.63. The van der Waals surface area contributed by atoms with E-state index in [1.54, 1.807) is 32.9 Å². The zero-order valence-electron chi connectivity index (χ0n) is 10.6. The first-order valence-electron chi connectivity index (χ1n) is 5.45. The van der Waals surface area contributed by atoms with Crippen molar-refractivity contribution in [2.45, 2.75) is 20.8 Å². The number of ether oxygens (including phenoxy) is 1. The summed E-state index contributed by atoms with van der Waals surface area (Å²) in [6, 6.07) is 4.77. The number of methoxy groups -OCH3 is 1. The first kappa shape index (κ1) is 13.5. The van der Waals surface area contributed by atoms with Crippen LogP contribution in [0.4, 0.5) is 10.1 Å². The molecule has 0 aromatic heterocycles. The van der Waals surface area contributed by atoms with Crippen LogP contribution in [0.25, 0.3) is 0 Å². The second-order valence-electron chi connectivity index (χ2n) is 4.69. The van der Waals surface area contributed by atoms with Gasteiger partial charge in [0, 0.05) is 12.2 Å². The van der Waals surface area contributed by atoms with Crippen molar-refractivity contribution < 1.29 is 13.9 Å². The predicted molar refractivity (Wildman–Crippen MR) is 65.4 cm³/mol. The average Bonchev–Trinajstić information content (AvgIpc) is 2.29. The van der Waals surface area contributed by atoms with Gasteiger partial charge in [0.1, 0.15) is 5.82 Å². The fraction of sp³-hybridized carbons (Fsp3) is 0.462. The molecule has 0 saturated heterocycles. The number of carbonyl (C=O) groups excluding carboxylic acids is 1. The maximum absolute atomic E-state index is 13.1. The number of aryl methyl sites for hydroxylation is 1. The summed E-state index contributed by atoms with van der Waals surface area (Å²) < 4.78 is 17.8. The van der Waals surface area contributed by atoms with Crippen molar-refractivity contribution in [2.75, 3.05) is 19.0 Å². The highest BCUT2D eigenvalue weighted by molar-refractivity contribution is 5.76. The molecule has 0 aliphatic heterocycles. The first-order chi connectivity index (χ1) is 7.86. The van der Waals surface area contributed by atoms with E-state index in [4.69, 9.17) is 4.74 Å². The van der Waals surface area contributed by atoms with Crippen LogP contribution in [0, 0.1) is 18.2 Å². The lowest BCUT2D eigenvalue weighted by Gasteiger charge is -2.22. The molecule has 0 aliphatic rings. The van der Waals surface area contributed by atoms with Gasteiger partial charge in [0.15, 0.2) is 0 Å². The van der Waals surface area contributed by atoms with Crippen LogP contribution in [0.3, 0.4) is 0 Å². The smallest absolute Gasteiger partial charge is 0.313 e. The monoisotopic (exact) mass is 239 g/mol. The van der Waals surface area contributed by atoms with Crippen LogP contribution in [0.5, 0.6) is 0 Å². The summed E-state index contributed by atoms with van der Waals surface area (Å²) in [6.07, 6.45) is 0. The number of anilines is 1. The Hall–Kier alpha value is -1.58. The molecule has 17 heavy (non-hydrogen) atoms. The zero-order chi connectivity index (χ0) is 13.1. The van der Waals surface area contributed by atoms with Crippen LogP contribution in [0.2, 0.25) is 0 Å². The molecule has 0 heterocycles. The molecule has 0 aliphatic carbocycles. The summed E-state index contributed by atoms with van der Waals surface area (Å²) in [5, 5.41) is 3.10. The lowest BCUT2D eigenvalue weighted by atomic mass is 9.93. The molecule has 94 valence electrons. The van der Waals surface area contributed by atoms with Crippen LogP contribution in [-0.2, 0) is 9.53 Å². The molecule has 0 spiro atoms. The quantitative estimate of drug-likeness (QED) is 0.821. The molecule has 0 unspecified atom stereocenters. The molecule has 0 radical (unpaired) electrons. The minimum absolute atomic E-state index is 0.234. The number of carbonyl (C=O) groups is 1. The van der Waals surface area contributed by atoms with Gasteiger partial charge in [-0.25, -0.2) is 4.39 Å². The maximum atomic E-state index is 13.1. The fourth-order valence-electron chi connectivity index (χ4n) is 1.43. The van der Waals surface area contributed by atoms with Crippen molar-refractivity contribution in [3.05, 3.63) is 29.6 Å². The van der Waals surface area contributed by atoms with E-state index in [9.17, 15) is 9.18 Å². The number of esters is 1. The molecule has 4 heteroatoms. The standard InChI is InChI=1S/C13H18FNO2/c1-9-7-10(5-6-11(9)14)15-8-13(2,3)12(16)17-4/h5-7,15H,8H2,1-4H3. The normalized spacial score (nSPS) is 11.1. The van der Waals surface area contributed by atoms with Crippen molar-refractivity contribution in [3.63, 3.8) is 0 Å². The highest BCUT2D eigenvalue weighted by Gasteiger charge is 2.28. The molecule has 3 nitrogen and oxygen atoms in total. The van der Waals surface area contributed by atoms with Crippen molar-refractivity contribution >= 4 is 11.7 Å². The van der Waals surface area contributed by atoms with E-state index < -0.39 is 5.41 Å². The van der Waals surface area contributed by atoms with Crippen LogP contribution in [-0.4, -0.2) is 19.6 Å². The molecule has 0 saturated carbocycles. The summed E-state index contributed by atoms with van der Waals surface area (Å²) in [5.74, 6) is -0.508. The third kappa shape index (κ3) is 3.44. The van der Waals surface area contributed by atoms with E-state index in [-0.39, 0.29) is 11.8 Å². The minimum Gasteiger partial charge on any atom is -0.469 e. The largest absolute Gasteiger partial charge is 0.469 e. The van der Waals surface area contributed by atoms with Crippen molar-refractivity contribution in [1.29, 1.82) is 0 Å². The number of halogens is 1. The van der Waals surface area contributed by atoms with E-state index in [0.717, 1.165) is 5.69 Å². The lowest BCUT2D eigenvalue weighted by molar-refractivity contribution is -0.149. The molecule has 1 N–H and O–H groups in total. The Labute approximate surface area is 101 Å². The second kappa shape index (κ2) is 5.17. The molecular formula is C13H18FNO2. The Balaban J connectivity index is 2.67. The van der Waals surface area contributed by atoms with E-state index >= 15 is 0 Å². The SMILES string of the molecule is COC(=O)C(C)(C)CNc1ccc(F)c(C)c1. The van der Waals surface area contributed by atoms with Gasteiger partial charge in [0.05, 0.1) is 12.5 Å². The van der Waals surface area contributed by atoms with Crippen molar-refractivity contribution in [2.24, 2.45) is 5.41 Å². The van der Waals surface area contributed by atoms with Gasteiger partial charge in [-0.05, 0) is 44.5 Å². The highest BCUT2D eigenvalue weighted by atomic mass is 19.1. The number of nitrogens with one attached hydrogen (secondary N) is 1. The van der Waals surface area contributed by atoms with E-state index in [2.05, 4.69) is 5.32 Å². The van der Waals surface area contributed by atoms with Gasteiger partial charge in [-0.15, -0.1) is 0 Å². The second-order valence-corrected chi connectivity index (χ2v) is 4.69. The number of hydrogen-bond acceptors (Lipinski definition) is 3. The van der Waals surface area contributed by atoms with Gasteiger partial charge in [-0.2, -0.15) is 0 Å². The van der Waals surface area contributed by atoms with Gasteiger partial charge < -0.3 is 10.1 Å². The lowest BCUT2D eigenvalue weighted by Crippen LogP contribution is -2.33. The molecule has 1 aromatic rings. The summed E-state index contributed by atoms with van der Waals surface area (Å²) >= 11 is 0. The average molecular weight is 239 g/mol. The Morgan fingerprint density at radius 1 is 1.47 bits per heavy atom. The van der Waals surface area contributed by atoms with Crippen LogP contribution in [0.1, 0.15) is 19.4 Å². The van der Waals surface area contributed by atoms with E-state index in [1.165, 1.54) is 13.2 Å². The van der Waals surface area contributed by atoms with Crippen LogP contribution < -0.4 is 5.32 Å². The fourth-order valence-corrected chi connectivity index (χ4v) is 1.43. The first-order valence-corrected chi connectivity index (χ1v) is 5.45. The minimum atomic E-state index is -0.614. The molecule has 0 amide bonds. The Morgan fingerprint density at radius 3 is 2.65 bits per heavy atom.